The van der Waals surface area contributed by atoms with Crippen molar-refractivity contribution in [2.75, 3.05) is 40.3 Å². The molecule has 1 saturated heterocycles. The predicted octanol–water partition coefficient (Wildman–Crippen LogP) is 1.56. The molecule has 0 aromatic carbocycles. The van der Waals surface area contributed by atoms with E-state index in [0.717, 1.165) is 45.4 Å². The standard InChI is InChI=1S/C15H31N3O/c1-6-15(9-8-10-16-12-15)14(19)18(7-2)13(3)11-17(4)5/h13,16H,6-12H2,1-5H3. The van der Waals surface area contributed by atoms with Crippen molar-refractivity contribution >= 4 is 5.91 Å². The average molecular weight is 269 g/mol. The van der Waals surface area contributed by atoms with E-state index < -0.39 is 0 Å². The number of carbonyl (C=O) groups is 1. The molecule has 1 rings (SSSR count). The van der Waals surface area contributed by atoms with E-state index in [2.05, 4.69) is 50.0 Å². The quantitative estimate of drug-likeness (QED) is 0.795. The van der Waals surface area contributed by atoms with Crippen molar-refractivity contribution in [2.45, 2.75) is 46.1 Å². The van der Waals surface area contributed by atoms with Gasteiger partial charge in [-0.2, -0.15) is 0 Å². The molecule has 1 aliphatic heterocycles. The van der Waals surface area contributed by atoms with Crippen LogP contribution in [0.15, 0.2) is 0 Å². The second kappa shape index (κ2) is 7.25. The lowest BCUT2D eigenvalue weighted by atomic mass is 9.76. The van der Waals surface area contributed by atoms with E-state index in [9.17, 15) is 4.79 Å². The third-order valence-corrected chi connectivity index (χ3v) is 4.37. The first-order valence-electron chi connectivity index (χ1n) is 7.63. The van der Waals surface area contributed by atoms with Crippen LogP contribution in [0.5, 0.6) is 0 Å². The first-order chi connectivity index (χ1) is 8.96. The Morgan fingerprint density at radius 1 is 1.37 bits per heavy atom. The highest BCUT2D eigenvalue weighted by Gasteiger charge is 2.41. The summed E-state index contributed by atoms with van der Waals surface area (Å²) in [5.74, 6) is 0.346. The Bertz CT molecular complexity index is 285. The van der Waals surface area contributed by atoms with Crippen LogP contribution in [0.4, 0.5) is 0 Å². The van der Waals surface area contributed by atoms with E-state index in [-0.39, 0.29) is 11.5 Å². The summed E-state index contributed by atoms with van der Waals surface area (Å²) in [6.45, 7) is 10.0. The largest absolute Gasteiger partial charge is 0.338 e. The topological polar surface area (TPSA) is 35.6 Å². The van der Waals surface area contributed by atoms with Gasteiger partial charge in [0.25, 0.3) is 0 Å². The number of nitrogens with zero attached hydrogens (tertiary/aromatic N) is 2. The van der Waals surface area contributed by atoms with Crippen molar-refractivity contribution in [1.82, 2.24) is 15.1 Å². The first-order valence-corrected chi connectivity index (χ1v) is 7.63. The molecule has 1 fully saturated rings. The van der Waals surface area contributed by atoms with Crippen LogP contribution >= 0.6 is 0 Å². The van der Waals surface area contributed by atoms with Gasteiger partial charge in [0.15, 0.2) is 0 Å². The van der Waals surface area contributed by atoms with Crippen molar-refractivity contribution in [3.8, 4) is 0 Å². The van der Waals surface area contributed by atoms with Gasteiger partial charge in [0, 0.05) is 25.7 Å². The first kappa shape index (κ1) is 16.4. The molecule has 0 bridgehead atoms. The van der Waals surface area contributed by atoms with Crippen LogP contribution in [-0.4, -0.2) is 62.0 Å². The number of hydrogen-bond acceptors (Lipinski definition) is 3. The zero-order valence-corrected chi connectivity index (χ0v) is 13.3. The molecule has 1 heterocycles. The van der Waals surface area contributed by atoms with Gasteiger partial charge in [-0.05, 0) is 53.8 Å². The van der Waals surface area contributed by atoms with Crippen LogP contribution in [0.2, 0.25) is 0 Å². The smallest absolute Gasteiger partial charge is 0.230 e. The molecule has 1 N–H and O–H groups in total. The van der Waals surface area contributed by atoms with E-state index in [0.29, 0.717) is 5.91 Å². The van der Waals surface area contributed by atoms with Gasteiger partial charge in [0.2, 0.25) is 5.91 Å². The summed E-state index contributed by atoms with van der Waals surface area (Å²) >= 11 is 0. The molecule has 4 heteroatoms. The van der Waals surface area contributed by atoms with E-state index in [4.69, 9.17) is 0 Å². The lowest BCUT2D eigenvalue weighted by molar-refractivity contribution is -0.145. The van der Waals surface area contributed by atoms with Crippen molar-refractivity contribution in [2.24, 2.45) is 5.41 Å². The summed E-state index contributed by atoms with van der Waals surface area (Å²) in [5, 5.41) is 3.41. The van der Waals surface area contributed by atoms with Crippen molar-refractivity contribution < 1.29 is 4.79 Å². The molecule has 0 aromatic heterocycles. The van der Waals surface area contributed by atoms with Crippen molar-refractivity contribution in [3.63, 3.8) is 0 Å². The fourth-order valence-electron chi connectivity index (χ4n) is 3.19. The van der Waals surface area contributed by atoms with Gasteiger partial charge in [-0.3, -0.25) is 4.79 Å². The maximum absolute atomic E-state index is 13.0. The second-order valence-corrected chi connectivity index (χ2v) is 6.12. The Labute approximate surface area is 118 Å². The molecule has 4 nitrogen and oxygen atoms in total. The van der Waals surface area contributed by atoms with Gasteiger partial charge in [-0.1, -0.05) is 6.92 Å². The SMILES string of the molecule is CCN(C(=O)C1(CC)CCCNC1)C(C)CN(C)C. The Morgan fingerprint density at radius 2 is 2.05 bits per heavy atom. The zero-order chi connectivity index (χ0) is 14.5. The summed E-state index contributed by atoms with van der Waals surface area (Å²) in [6.07, 6.45) is 3.07. The molecule has 0 spiro atoms. The molecule has 2 atom stereocenters. The Balaban J connectivity index is 2.80. The maximum Gasteiger partial charge on any atom is 0.230 e. The molecule has 0 aromatic rings. The average Bonchev–Trinajstić information content (AvgIpc) is 2.39. The monoisotopic (exact) mass is 269 g/mol. The summed E-state index contributed by atoms with van der Waals surface area (Å²) in [4.78, 5) is 17.2. The highest BCUT2D eigenvalue weighted by molar-refractivity contribution is 5.83. The van der Waals surface area contributed by atoms with Gasteiger partial charge in [-0.15, -0.1) is 0 Å². The molecule has 0 saturated carbocycles. The van der Waals surface area contributed by atoms with Gasteiger partial charge in [0.1, 0.15) is 0 Å². The molecular weight excluding hydrogens is 238 g/mol. The minimum atomic E-state index is -0.172. The molecule has 112 valence electrons. The van der Waals surface area contributed by atoms with E-state index in [1.807, 2.05) is 0 Å². The molecule has 2 unspecified atom stereocenters. The van der Waals surface area contributed by atoms with Crippen molar-refractivity contribution in [3.05, 3.63) is 0 Å². The van der Waals surface area contributed by atoms with Crippen LogP contribution in [0, 0.1) is 5.41 Å². The van der Waals surface area contributed by atoms with Crippen LogP contribution in [0.1, 0.15) is 40.0 Å². The van der Waals surface area contributed by atoms with Crippen LogP contribution in [0.25, 0.3) is 0 Å². The normalized spacial score (nSPS) is 25.4. The molecule has 1 aliphatic rings. The number of nitrogens with one attached hydrogen (secondary N) is 1. The van der Waals surface area contributed by atoms with E-state index >= 15 is 0 Å². The zero-order valence-electron chi connectivity index (χ0n) is 13.3. The third kappa shape index (κ3) is 3.93. The molecule has 0 radical (unpaired) electrons. The molecular formula is C15H31N3O. The third-order valence-electron chi connectivity index (χ3n) is 4.37. The van der Waals surface area contributed by atoms with Gasteiger partial charge in [-0.25, -0.2) is 0 Å². The van der Waals surface area contributed by atoms with Gasteiger partial charge >= 0.3 is 0 Å². The maximum atomic E-state index is 13.0. The highest BCUT2D eigenvalue weighted by Crippen LogP contribution is 2.32. The van der Waals surface area contributed by atoms with Gasteiger partial charge < -0.3 is 15.1 Å². The predicted molar refractivity (Wildman–Crippen MR) is 80.2 cm³/mol. The number of piperidine rings is 1. The number of rotatable bonds is 6. The Hall–Kier alpha value is -0.610. The number of likely N-dealkylation sites (N-methyl/N-ethyl adjacent to an activating group) is 2. The molecule has 1 amide bonds. The summed E-state index contributed by atoms with van der Waals surface area (Å²) < 4.78 is 0. The number of carbonyl (C=O) groups excluding carboxylic acids is 1. The number of amides is 1. The van der Waals surface area contributed by atoms with Crippen molar-refractivity contribution in [1.29, 1.82) is 0 Å². The Morgan fingerprint density at radius 3 is 2.47 bits per heavy atom. The summed E-state index contributed by atoms with van der Waals surface area (Å²) in [6, 6.07) is 0.276. The minimum Gasteiger partial charge on any atom is -0.338 e. The molecule has 19 heavy (non-hydrogen) atoms. The second-order valence-electron chi connectivity index (χ2n) is 6.12. The van der Waals surface area contributed by atoms with Crippen LogP contribution < -0.4 is 5.32 Å². The lowest BCUT2D eigenvalue weighted by Crippen LogP contribution is -2.55. The summed E-state index contributed by atoms with van der Waals surface area (Å²) in [7, 11) is 4.12. The summed E-state index contributed by atoms with van der Waals surface area (Å²) in [5.41, 5.74) is -0.172. The Kier molecular flexibility index (Phi) is 6.27. The van der Waals surface area contributed by atoms with E-state index in [1.54, 1.807) is 0 Å². The fourth-order valence-corrected chi connectivity index (χ4v) is 3.19. The number of hydrogen-bond donors (Lipinski definition) is 1. The highest BCUT2D eigenvalue weighted by atomic mass is 16.2. The van der Waals surface area contributed by atoms with E-state index in [1.165, 1.54) is 0 Å². The fraction of sp³-hybridized carbons (Fsp3) is 0.933. The lowest BCUT2D eigenvalue weighted by Gasteiger charge is -2.42. The van der Waals surface area contributed by atoms with Gasteiger partial charge in [0.05, 0.1) is 5.41 Å². The minimum absolute atomic E-state index is 0.172. The van der Waals surface area contributed by atoms with Crippen LogP contribution in [0.3, 0.4) is 0 Å². The molecule has 0 aliphatic carbocycles. The van der Waals surface area contributed by atoms with Crippen LogP contribution in [-0.2, 0) is 4.79 Å².